The second-order valence-corrected chi connectivity index (χ2v) is 8.95. The molecule has 5 rings (SSSR count). The number of Topliss-reactive ketones (excluding diaryl/α,β-unsaturated/α-hetero) is 2. The van der Waals surface area contributed by atoms with E-state index in [1.807, 2.05) is 0 Å². The van der Waals surface area contributed by atoms with Gasteiger partial charge in [-0.1, -0.05) is 91.0 Å². The van der Waals surface area contributed by atoms with E-state index in [2.05, 4.69) is 5.10 Å². The average Bonchev–Trinajstić information content (AvgIpc) is 3.32. The predicted octanol–water partition coefficient (Wildman–Crippen LogP) is 7.86. The summed E-state index contributed by atoms with van der Waals surface area (Å²) < 4.78 is 84.1. The van der Waals surface area contributed by atoms with Gasteiger partial charge in [0.05, 0.1) is 17.9 Å². The van der Waals surface area contributed by atoms with E-state index in [0.29, 0.717) is 17.2 Å². The van der Waals surface area contributed by atoms with E-state index in [0.717, 1.165) is 0 Å². The third-order valence-electron chi connectivity index (χ3n) is 6.30. The number of nitrogens with zero attached hydrogens (tertiary/aromatic N) is 2. The number of fused-ring (bicyclic) bond motifs is 1. The van der Waals surface area contributed by atoms with Crippen molar-refractivity contribution in [1.29, 1.82) is 0 Å². The van der Waals surface area contributed by atoms with Crippen molar-refractivity contribution in [2.24, 2.45) is 0 Å². The zero-order valence-electron chi connectivity index (χ0n) is 20.4. The highest BCUT2D eigenvalue weighted by Gasteiger charge is 2.47. The molecule has 0 spiro atoms. The fourth-order valence-electron chi connectivity index (χ4n) is 4.62. The normalized spacial score (nSPS) is 12.1. The summed E-state index contributed by atoms with van der Waals surface area (Å²) in [6, 6.07) is 24.9. The van der Waals surface area contributed by atoms with Crippen LogP contribution in [0.2, 0.25) is 0 Å². The molecule has 4 nitrogen and oxygen atoms in total. The molecule has 202 valence electrons. The molecule has 0 saturated carbocycles. The molecule has 0 atom stereocenters. The Bertz CT molecular complexity index is 1660. The molecule has 1 aliphatic heterocycles. The second kappa shape index (κ2) is 10.1. The molecule has 0 amide bonds. The van der Waals surface area contributed by atoms with Crippen molar-refractivity contribution in [3.05, 3.63) is 114 Å². The van der Waals surface area contributed by atoms with Gasteiger partial charge in [0.15, 0.2) is 0 Å². The smallest absolute Gasteiger partial charge is 0.284 e. The number of ketones is 2. The monoisotopic (exact) mass is 552 g/mol. The summed E-state index contributed by atoms with van der Waals surface area (Å²) in [5.41, 5.74) is -2.02. The third-order valence-corrected chi connectivity index (χ3v) is 6.30. The number of benzene rings is 3. The van der Waals surface area contributed by atoms with Crippen molar-refractivity contribution < 1.29 is 35.9 Å². The highest BCUT2D eigenvalue weighted by Crippen LogP contribution is 2.47. The Morgan fingerprint density at radius 2 is 1.07 bits per heavy atom. The van der Waals surface area contributed by atoms with Gasteiger partial charge in [-0.2, -0.15) is 31.4 Å². The van der Waals surface area contributed by atoms with E-state index in [1.165, 1.54) is 16.8 Å². The Morgan fingerprint density at radius 1 is 0.625 bits per heavy atom. The van der Waals surface area contributed by atoms with Crippen molar-refractivity contribution in [1.82, 2.24) is 9.78 Å². The van der Waals surface area contributed by atoms with Crippen LogP contribution in [0.15, 0.2) is 97.1 Å². The first kappa shape index (κ1) is 26.9. The molecule has 0 radical (unpaired) electrons. The van der Waals surface area contributed by atoms with E-state index in [4.69, 9.17) is 0 Å². The number of carbonyl (C=O) groups is 2. The minimum atomic E-state index is -5.42. The quantitative estimate of drug-likeness (QED) is 0.159. The van der Waals surface area contributed by atoms with E-state index in [9.17, 15) is 35.9 Å². The minimum absolute atomic E-state index is 0.00815. The Morgan fingerprint density at radius 3 is 1.57 bits per heavy atom. The Kier molecular flexibility index (Phi) is 6.79. The first-order chi connectivity index (χ1) is 19.0. The highest BCUT2D eigenvalue weighted by atomic mass is 19.4. The van der Waals surface area contributed by atoms with Crippen LogP contribution in [0, 0.1) is 0 Å². The lowest BCUT2D eigenvalue weighted by molar-refractivity contribution is -0.0885. The van der Waals surface area contributed by atoms with Crippen molar-refractivity contribution >= 4 is 11.6 Å². The summed E-state index contributed by atoms with van der Waals surface area (Å²) in [6.45, 7) is 0.00815. The van der Waals surface area contributed by atoms with Crippen LogP contribution in [-0.4, -0.2) is 33.7 Å². The molecule has 2 aliphatic rings. The lowest BCUT2D eigenvalue weighted by atomic mass is 9.92. The maximum absolute atomic E-state index is 13.8. The fourth-order valence-corrected chi connectivity index (χ4v) is 4.62. The topological polar surface area (TPSA) is 52.0 Å². The minimum Gasteiger partial charge on any atom is -0.284 e. The molecule has 1 heterocycles. The molecule has 0 unspecified atom stereocenters. The van der Waals surface area contributed by atoms with E-state index in [-0.39, 0.29) is 23.5 Å². The van der Waals surface area contributed by atoms with Gasteiger partial charge < -0.3 is 0 Å². The zero-order chi connectivity index (χ0) is 28.7. The van der Waals surface area contributed by atoms with Gasteiger partial charge in [0.25, 0.3) is 11.6 Å². The number of hydrogen-bond acceptors (Lipinski definition) is 3. The molecular formula is C30H18F6N2O2. The number of hydrogen-bond donors (Lipinski definition) is 0. The molecule has 0 saturated heterocycles. The largest absolute Gasteiger partial charge is 0.454 e. The summed E-state index contributed by atoms with van der Waals surface area (Å²) in [7, 11) is 0. The molecule has 0 fully saturated rings. The lowest BCUT2D eigenvalue weighted by Gasteiger charge is -2.22. The Hall–Kier alpha value is -4.73. The first-order valence-electron chi connectivity index (χ1n) is 11.9. The molecule has 0 bridgehead atoms. The first-order valence-corrected chi connectivity index (χ1v) is 11.9. The number of carbonyl (C=O) groups excluding carboxylic acids is 2. The third kappa shape index (κ3) is 5.00. The van der Waals surface area contributed by atoms with Crippen LogP contribution in [0.25, 0.3) is 33.6 Å². The fraction of sp³-hybridized carbons (Fsp3) is 0.100. The second-order valence-electron chi connectivity index (χ2n) is 8.95. The summed E-state index contributed by atoms with van der Waals surface area (Å²) in [6.07, 6.45) is -10.8. The Labute approximate surface area is 223 Å². The molecule has 0 aromatic heterocycles. The molecule has 3 aromatic rings. The van der Waals surface area contributed by atoms with E-state index >= 15 is 0 Å². The summed E-state index contributed by atoms with van der Waals surface area (Å²) >= 11 is 0. The van der Waals surface area contributed by atoms with Crippen LogP contribution in [0.5, 0.6) is 0 Å². The maximum Gasteiger partial charge on any atom is 0.454 e. The Balaban J connectivity index is 1.98. The number of rotatable bonds is 6. The average molecular weight is 552 g/mol. The number of aromatic nitrogens is 2. The van der Waals surface area contributed by atoms with Gasteiger partial charge in [-0.15, -0.1) is 0 Å². The number of halogens is 6. The molecule has 10 heteroatoms. The molecular weight excluding hydrogens is 534 g/mol. The maximum atomic E-state index is 13.8. The van der Waals surface area contributed by atoms with Crippen molar-refractivity contribution in [2.75, 3.05) is 0 Å². The molecule has 0 N–H and O–H groups in total. The zero-order valence-corrected chi connectivity index (χ0v) is 20.4. The van der Waals surface area contributed by atoms with Crippen molar-refractivity contribution in [2.45, 2.75) is 18.9 Å². The number of alkyl halides is 6. The van der Waals surface area contributed by atoms with Crippen molar-refractivity contribution in [3.63, 3.8) is 0 Å². The standard InChI is InChI=1S/C30H18F6N2O2/c31-29(32,33)27(39)21-16-22(28(40)30(34,35)36)24-23(21)25(19-12-6-2-7-13-19)37-38(17-18-10-4-1-5-11-18)26(24)20-14-8-3-9-15-20/h1-16H,17H2. The van der Waals surface area contributed by atoms with Gasteiger partial charge in [0.1, 0.15) is 0 Å². The van der Waals surface area contributed by atoms with Gasteiger partial charge in [-0.05, 0) is 11.6 Å². The van der Waals surface area contributed by atoms with E-state index in [1.54, 1.807) is 78.9 Å². The summed E-state index contributed by atoms with van der Waals surface area (Å²) in [5.74, 6) is -4.75. The summed E-state index contributed by atoms with van der Waals surface area (Å²) in [5, 5.41) is 4.61. The lowest BCUT2D eigenvalue weighted by Crippen LogP contribution is -2.23. The van der Waals surface area contributed by atoms with Crippen LogP contribution in [0.4, 0.5) is 26.3 Å². The van der Waals surface area contributed by atoms with E-state index < -0.39 is 46.2 Å². The summed E-state index contributed by atoms with van der Waals surface area (Å²) in [4.78, 5) is 25.3. The molecule has 3 aromatic carbocycles. The van der Waals surface area contributed by atoms with Gasteiger partial charge >= 0.3 is 12.4 Å². The SMILES string of the molecule is O=C(c1cc(C(=O)C(F)(F)F)c2c(-c3ccccc3)n(Cc3ccccc3)nc(-c3ccccc3)c1-2)C(F)(F)F. The van der Waals surface area contributed by atoms with Crippen LogP contribution < -0.4 is 0 Å². The molecule has 40 heavy (non-hydrogen) atoms. The highest BCUT2D eigenvalue weighted by molar-refractivity contribution is 6.18. The predicted molar refractivity (Wildman–Crippen MR) is 136 cm³/mol. The van der Waals surface area contributed by atoms with Crippen LogP contribution >= 0.6 is 0 Å². The van der Waals surface area contributed by atoms with Gasteiger partial charge in [-0.3, -0.25) is 14.3 Å². The van der Waals surface area contributed by atoms with Gasteiger partial charge in [-0.25, -0.2) is 0 Å². The van der Waals surface area contributed by atoms with Crippen LogP contribution in [0.3, 0.4) is 0 Å². The van der Waals surface area contributed by atoms with Crippen LogP contribution in [-0.2, 0) is 6.54 Å². The van der Waals surface area contributed by atoms with Crippen molar-refractivity contribution in [3.8, 4) is 33.6 Å². The van der Waals surface area contributed by atoms with Gasteiger partial charge in [0.2, 0.25) is 0 Å². The van der Waals surface area contributed by atoms with Crippen LogP contribution in [0.1, 0.15) is 26.3 Å². The van der Waals surface area contributed by atoms with Gasteiger partial charge in [0, 0.05) is 33.4 Å². The molecule has 1 aliphatic carbocycles.